The summed E-state index contributed by atoms with van der Waals surface area (Å²) in [5.74, 6) is -0.211. The molecular weight excluding hydrogens is 373 g/mol. The quantitative estimate of drug-likeness (QED) is 0.726. The minimum Gasteiger partial charge on any atom is -0.319 e. The fourth-order valence-electron chi connectivity index (χ4n) is 2.87. The maximum Gasteiger partial charge on any atom is 0.259 e. The zero-order chi connectivity index (χ0) is 19.0. The Kier molecular flexibility index (Phi) is 5.07. The molecule has 0 aliphatic carbocycles. The van der Waals surface area contributed by atoms with Crippen molar-refractivity contribution in [1.82, 2.24) is 19.6 Å². The Hall–Kier alpha value is -2.31. The largest absolute Gasteiger partial charge is 0.319 e. The molecular formula is C18H19Cl2N5O. The molecule has 0 unspecified atom stereocenters. The molecule has 0 atom stereocenters. The molecule has 0 bridgehead atoms. The summed E-state index contributed by atoms with van der Waals surface area (Å²) < 4.78 is 3.40. The summed E-state index contributed by atoms with van der Waals surface area (Å²) in [6.45, 7) is 5.98. The molecule has 0 radical (unpaired) electrons. The molecule has 0 aliphatic rings. The van der Waals surface area contributed by atoms with Crippen molar-refractivity contribution in [3.63, 3.8) is 0 Å². The van der Waals surface area contributed by atoms with Crippen molar-refractivity contribution in [1.29, 1.82) is 0 Å². The first-order valence-electron chi connectivity index (χ1n) is 8.06. The third-order valence-electron chi connectivity index (χ3n) is 4.25. The minimum absolute atomic E-state index is 0.211. The van der Waals surface area contributed by atoms with Gasteiger partial charge in [0.05, 0.1) is 34.9 Å². The van der Waals surface area contributed by atoms with Crippen LogP contribution in [0.2, 0.25) is 10.0 Å². The van der Waals surface area contributed by atoms with Crippen LogP contribution in [0.4, 0.5) is 5.69 Å². The van der Waals surface area contributed by atoms with Crippen molar-refractivity contribution in [2.75, 3.05) is 5.32 Å². The van der Waals surface area contributed by atoms with Crippen LogP contribution < -0.4 is 5.32 Å². The van der Waals surface area contributed by atoms with E-state index in [9.17, 15) is 4.79 Å². The first-order chi connectivity index (χ1) is 12.3. The van der Waals surface area contributed by atoms with Gasteiger partial charge in [-0.15, -0.1) is 0 Å². The molecule has 8 heteroatoms. The van der Waals surface area contributed by atoms with Gasteiger partial charge >= 0.3 is 0 Å². The fourth-order valence-corrected chi connectivity index (χ4v) is 3.39. The standard InChI is InChI=1S/C18H19Cl2N5O/c1-10-13(8-24(4)22-10)18(26)21-17-11(2)23-25(12(17)3)9-14-15(19)6-5-7-16(14)20/h5-8H,9H2,1-4H3,(H,21,26). The lowest BCUT2D eigenvalue weighted by Gasteiger charge is -2.09. The Labute approximate surface area is 161 Å². The van der Waals surface area contributed by atoms with E-state index in [2.05, 4.69) is 15.5 Å². The predicted octanol–water partition coefficient (Wildman–Crippen LogP) is 4.15. The van der Waals surface area contributed by atoms with Gasteiger partial charge in [0.2, 0.25) is 0 Å². The SMILES string of the molecule is Cc1nn(C)cc1C(=O)Nc1c(C)nn(Cc2c(Cl)cccc2Cl)c1C. The number of rotatable bonds is 4. The van der Waals surface area contributed by atoms with Gasteiger partial charge in [-0.1, -0.05) is 29.3 Å². The Morgan fingerprint density at radius 1 is 1.12 bits per heavy atom. The molecule has 136 valence electrons. The predicted molar refractivity (Wildman–Crippen MR) is 103 cm³/mol. The highest BCUT2D eigenvalue weighted by Crippen LogP contribution is 2.27. The molecule has 0 saturated carbocycles. The normalized spacial score (nSPS) is 11.0. The number of aryl methyl sites for hydroxylation is 3. The van der Waals surface area contributed by atoms with Crippen LogP contribution >= 0.6 is 23.2 Å². The molecule has 3 aromatic rings. The number of nitrogens with one attached hydrogen (secondary N) is 1. The second kappa shape index (κ2) is 7.13. The Morgan fingerprint density at radius 3 is 2.35 bits per heavy atom. The maximum absolute atomic E-state index is 12.6. The zero-order valence-corrected chi connectivity index (χ0v) is 16.5. The van der Waals surface area contributed by atoms with Crippen LogP contribution in [0, 0.1) is 20.8 Å². The Morgan fingerprint density at radius 2 is 1.77 bits per heavy atom. The van der Waals surface area contributed by atoms with Crippen LogP contribution in [0.5, 0.6) is 0 Å². The molecule has 1 aromatic carbocycles. The van der Waals surface area contributed by atoms with Gasteiger partial charge in [-0.2, -0.15) is 10.2 Å². The number of carbonyl (C=O) groups excluding carboxylic acids is 1. The van der Waals surface area contributed by atoms with E-state index < -0.39 is 0 Å². The summed E-state index contributed by atoms with van der Waals surface area (Å²) in [5, 5.41) is 12.8. The second-order valence-electron chi connectivity index (χ2n) is 6.16. The summed E-state index contributed by atoms with van der Waals surface area (Å²) in [4.78, 5) is 12.6. The molecule has 1 N–H and O–H groups in total. The van der Waals surface area contributed by atoms with Crippen molar-refractivity contribution in [2.45, 2.75) is 27.3 Å². The maximum atomic E-state index is 12.6. The van der Waals surface area contributed by atoms with Gasteiger partial charge in [0.15, 0.2) is 0 Å². The highest BCUT2D eigenvalue weighted by molar-refractivity contribution is 6.35. The number of amides is 1. The Balaban J connectivity index is 1.89. The van der Waals surface area contributed by atoms with Crippen molar-refractivity contribution in [2.24, 2.45) is 7.05 Å². The third-order valence-corrected chi connectivity index (χ3v) is 4.96. The smallest absolute Gasteiger partial charge is 0.259 e. The summed E-state index contributed by atoms with van der Waals surface area (Å²) in [6, 6.07) is 5.39. The number of nitrogens with zero attached hydrogens (tertiary/aromatic N) is 4. The number of anilines is 1. The van der Waals surface area contributed by atoms with E-state index >= 15 is 0 Å². The second-order valence-corrected chi connectivity index (χ2v) is 6.97. The average molecular weight is 392 g/mol. The number of halogens is 2. The number of hydrogen-bond donors (Lipinski definition) is 1. The molecule has 3 rings (SSSR count). The van der Waals surface area contributed by atoms with Gasteiger partial charge in [-0.05, 0) is 32.9 Å². The van der Waals surface area contributed by atoms with Crippen molar-refractivity contribution in [3.05, 3.63) is 62.6 Å². The van der Waals surface area contributed by atoms with Crippen molar-refractivity contribution in [3.8, 4) is 0 Å². The first kappa shape index (κ1) is 18.5. The average Bonchev–Trinajstić information content (AvgIpc) is 3.04. The molecule has 0 aliphatic heterocycles. The lowest BCUT2D eigenvalue weighted by atomic mass is 10.2. The zero-order valence-electron chi connectivity index (χ0n) is 15.0. The van der Waals surface area contributed by atoms with Gasteiger partial charge < -0.3 is 5.32 Å². The van der Waals surface area contributed by atoms with E-state index in [1.807, 2.05) is 13.8 Å². The summed E-state index contributed by atoms with van der Waals surface area (Å²) >= 11 is 12.5. The van der Waals surface area contributed by atoms with E-state index in [0.717, 1.165) is 17.0 Å². The molecule has 6 nitrogen and oxygen atoms in total. The van der Waals surface area contributed by atoms with Crippen LogP contribution in [-0.2, 0) is 13.6 Å². The van der Waals surface area contributed by atoms with Gasteiger partial charge in [0, 0.05) is 28.9 Å². The summed E-state index contributed by atoms with van der Waals surface area (Å²) in [5.41, 5.74) is 4.24. The van der Waals surface area contributed by atoms with E-state index in [1.54, 1.807) is 47.7 Å². The number of benzene rings is 1. The molecule has 26 heavy (non-hydrogen) atoms. The van der Waals surface area contributed by atoms with E-state index in [-0.39, 0.29) is 5.91 Å². The van der Waals surface area contributed by atoms with E-state index in [0.29, 0.717) is 33.5 Å². The van der Waals surface area contributed by atoms with Crippen molar-refractivity contribution >= 4 is 34.8 Å². The van der Waals surface area contributed by atoms with E-state index in [4.69, 9.17) is 23.2 Å². The molecule has 0 saturated heterocycles. The van der Waals surface area contributed by atoms with Gasteiger partial charge in [0.1, 0.15) is 0 Å². The van der Waals surface area contributed by atoms with E-state index in [1.165, 1.54) is 0 Å². The minimum atomic E-state index is -0.211. The molecule has 2 heterocycles. The lowest BCUT2D eigenvalue weighted by Crippen LogP contribution is -2.14. The molecule has 1 amide bonds. The van der Waals surface area contributed by atoms with Gasteiger partial charge in [0.25, 0.3) is 5.91 Å². The first-order valence-corrected chi connectivity index (χ1v) is 8.82. The number of aromatic nitrogens is 4. The Bertz CT molecular complexity index is 970. The van der Waals surface area contributed by atoms with Gasteiger partial charge in [-0.3, -0.25) is 14.2 Å². The van der Waals surface area contributed by atoms with Crippen LogP contribution in [0.15, 0.2) is 24.4 Å². The van der Waals surface area contributed by atoms with Gasteiger partial charge in [-0.25, -0.2) is 0 Å². The monoisotopic (exact) mass is 391 g/mol. The highest BCUT2D eigenvalue weighted by atomic mass is 35.5. The molecule has 0 fully saturated rings. The fraction of sp³-hybridized carbons (Fsp3) is 0.278. The van der Waals surface area contributed by atoms with Crippen LogP contribution in [0.25, 0.3) is 0 Å². The number of carbonyl (C=O) groups is 1. The lowest BCUT2D eigenvalue weighted by molar-refractivity contribution is 0.102. The van der Waals surface area contributed by atoms with Crippen LogP contribution in [0.1, 0.15) is 33.0 Å². The van der Waals surface area contributed by atoms with Crippen LogP contribution in [0.3, 0.4) is 0 Å². The highest BCUT2D eigenvalue weighted by Gasteiger charge is 2.19. The van der Waals surface area contributed by atoms with Crippen molar-refractivity contribution < 1.29 is 4.79 Å². The topological polar surface area (TPSA) is 64.7 Å². The summed E-state index contributed by atoms with van der Waals surface area (Å²) in [7, 11) is 1.78. The third kappa shape index (κ3) is 3.48. The molecule has 0 spiro atoms. The summed E-state index contributed by atoms with van der Waals surface area (Å²) in [6.07, 6.45) is 1.70. The molecule has 2 aromatic heterocycles. The van der Waals surface area contributed by atoms with Crippen LogP contribution in [-0.4, -0.2) is 25.5 Å². The number of hydrogen-bond acceptors (Lipinski definition) is 3.